The van der Waals surface area contributed by atoms with Crippen LogP contribution < -0.4 is 10.6 Å². The second kappa shape index (κ2) is 10.7. The zero-order valence-electron chi connectivity index (χ0n) is 14.1. The second-order valence-corrected chi connectivity index (χ2v) is 5.44. The smallest absolute Gasteiger partial charge is 0.254 e. The highest BCUT2D eigenvalue weighted by Crippen LogP contribution is 2.12. The number of amides is 2. The largest absolute Gasteiger partial charge is 0.378 e. The van der Waals surface area contributed by atoms with Gasteiger partial charge in [0.05, 0.1) is 13.2 Å². The van der Waals surface area contributed by atoms with Gasteiger partial charge in [-0.25, -0.2) is 0 Å². The van der Waals surface area contributed by atoms with E-state index in [4.69, 9.17) is 4.74 Å². The number of benzene rings is 1. The van der Waals surface area contributed by atoms with Gasteiger partial charge in [-0.2, -0.15) is 0 Å². The van der Waals surface area contributed by atoms with Crippen molar-refractivity contribution in [2.24, 2.45) is 0 Å². The van der Waals surface area contributed by atoms with Crippen molar-refractivity contribution < 1.29 is 14.3 Å². The molecule has 7 heteroatoms. The van der Waals surface area contributed by atoms with Crippen LogP contribution in [0.1, 0.15) is 10.4 Å². The first kappa shape index (κ1) is 20.9. The van der Waals surface area contributed by atoms with E-state index >= 15 is 0 Å². The zero-order valence-corrected chi connectivity index (χ0v) is 14.9. The van der Waals surface area contributed by atoms with Crippen molar-refractivity contribution in [1.29, 1.82) is 0 Å². The fourth-order valence-electron chi connectivity index (χ4n) is 2.39. The van der Waals surface area contributed by atoms with Gasteiger partial charge in [0, 0.05) is 30.9 Å². The molecule has 1 fully saturated rings. The predicted octanol–water partition coefficient (Wildman–Crippen LogP) is 1.85. The predicted molar refractivity (Wildman–Crippen MR) is 101 cm³/mol. The van der Waals surface area contributed by atoms with E-state index in [2.05, 4.69) is 23.8 Å². The summed E-state index contributed by atoms with van der Waals surface area (Å²) in [6.45, 7) is 9.87. The molecule has 1 aliphatic heterocycles. The Balaban J connectivity index is 0.00000312. The molecule has 0 bridgehead atoms. The van der Waals surface area contributed by atoms with Crippen molar-refractivity contribution >= 4 is 29.9 Å². The van der Waals surface area contributed by atoms with Gasteiger partial charge in [0.1, 0.15) is 6.04 Å². The molecule has 2 amide bonds. The summed E-state index contributed by atoms with van der Waals surface area (Å²) in [5.41, 5.74) is 1.19. The summed E-state index contributed by atoms with van der Waals surface area (Å²) in [6.07, 6.45) is 3.35. The van der Waals surface area contributed by atoms with Crippen LogP contribution in [0.15, 0.2) is 49.6 Å². The van der Waals surface area contributed by atoms with Gasteiger partial charge < -0.3 is 20.3 Å². The van der Waals surface area contributed by atoms with E-state index in [-0.39, 0.29) is 30.3 Å². The van der Waals surface area contributed by atoms with E-state index in [0.717, 1.165) is 0 Å². The first-order valence-corrected chi connectivity index (χ1v) is 7.89. The Morgan fingerprint density at radius 2 is 1.88 bits per heavy atom. The summed E-state index contributed by atoms with van der Waals surface area (Å²) in [6, 6.07) is 6.48. The van der Waals surface area contributed by atoms with Crippen molar-refractivity contribution in [3.8, 4) is 0 Å². The second-order valence-electron chi connectivity index (χ2n) is 5.44. The van der Waals surface area contributed by atoms with Gasteiger partial charge in [-0.3, -0.25) is 9.59 Å². The third-order valence-corrected chi connectivity index (χ3v) is 3.62. The number of hydrogen-bond donors (Lipinski definition) is 2. The standard InChI is InChI=1S/C18H23N3O3.ClH/c1-3-10-21(11-4-2)18(23)14-5-7-15(8-6-14)20-17(22)16-13-24-12-9-19-16;/h3-8,16,19H,1-2,9-13H2,(H,20,22);1H. The molecule has 0 saturated carbocycles. The molecule has 1 atom stereocenters. The van der Waals surface area contributed by atoms with Crippen LogP contribution in [-0.4, -0.2) is 55.6 Å². The Morgan fingerprint density at radius 1 is 1.24 bits per heavy atom. The quantitative estimate of drug-likeness (QED) is 0.723. The Morgan fingerprint density at radius 3 is 2.40 bits per heavy atom. The van der Waals surface area contributed by atoms with Crippen molar-refractivity contribution in [3.63, 3.8) is 0 Å². The molecule has 25 heavy (non-hydrogen) atoms. The van der Waals surface area contributed by atoms with Crippen LogP contribution in [-0.2, 0) is 9.53 Å². The van der Waals surface area contributed by atoms with Crippen LogP contribution >= 0.6 is 12.4 Å². The zero-order chi connectivity index (χ0) is 17.4. The van der Waals surface area contributed by atoms with Crippen molar-refractivity contribution in [3.05, 3.63) is 55.1 Å². The van der Waals surface area contributed by atoms with Crippen LogP contribution in [0.25, 0.3) is 0 Å². The summed E-state index contributed by atoms with van der Waals surface area (Å²) in [4.78, 5) is 26.2. The maximum Gasteiger partial charge on any atom is 0.254 e. The molecule has 0 aliphatic carbocycles. The van der Waals surface area contributed by atoms with E-state index in [1.165, 1.54) is 0 Å². The molecule has 1 unspecified atom stereocenters. The number of morpholine rings is 1. The molecule has 6 nitrogen and oxygen atoms in total. The van der Waals surface area contributed by atoms with Crippen LogP contribution in [0, 0.1) is 0 Å². The number of halogens is 1. The maximum atomic E-state index is 12.4. The fraction of sp³-hybridized carbons (Fsp3) is 0.333. The number of ether oxygens (including phenoxy) is 1. The number of carbonyl (C=O) groups is 2. The molecular weight excluding hydrogens is 342 g/mol. The molecule has 1 aromatic rings. The molecule has 2 N–H and O–H groups in total. The molecule has 1 aromatic carbocycles. The molecule has 0 spiro atoms. The van der Waals surface area contributed by atoms with Crippen molar-refractivity contribution in [1.82, 2.24) is 10.2 Å². The van der Waals surface area contributed by atoms with Crippen molar-refractivity contribution in [2.75, 3.05) is 38.2 Å². The average Bonchev–Trinajstić information content (AvgIpc) is 2.62. The molecule has 1 aliphatic rings. The summed E-state index contributed by atoms with van der Waals surface area (Å²) in [7, 11) is 0. The topological polar surface area (TPSA) is 70.7 Å². The highest BCUT2D eigenvalue weighted by atomic mass is 35.5. The molecule has 2 rings (SSSR count). The van der Waals surface area contributed by atoms with Crippen LogP contribution in [0.3, 0.4) is 0 Å². The summed E-state index contributed by atoms with van der Waals surface area (Å²) in [5.74, 6) is -0.247. The number of anilines is 1. The lowest BCUT2D eigenvalue weighted by atomic mass is 10.1. The van der Waals surface area contributed by atoms with E-state index in [1.807, 2.05) is 0 Å². The monoisotopic (exact) mass is 365 g/mol. The molecular formula is C18H24ClN3O3. The number of rotatable bonds is 7. The van der Waals surface area contributed by atoms with Gasteiger partial charge >= 0.3 is 0 Å². The fourth-order valence-corrected chi connectivity index (χ4v) is 2.39. The lowest BCUT2D eigenvalue weighted by Crippen LogP contribution is -2.48. The average molecular weight is 366 g/mol. The summed E-state index contributed by atoms with van der Waals surface area (Å²) < 4.78 is 5.27. The Hall–Kier alpha value is -2.15. The lowest BCUT2D eigenvalue weighted by molar-refractivity contribution is -0.120. The van der Waals surface area contributed by atoms with E-state index < -0.39 is 0 Å². The summed E-state index contributed by atoms with van der Waals surface area (Å²) in [5, 5.41) is 5.91. The maximum absolute atomic E-state index is 12.4. The Kier molecular flexibility index (Phi) is 8.91. The number of carbonyl (C=O) groups excluding carboxylic acids is 2. The lowest BCUT2D eigenvalue weighted by Gasteiger charge is -2.23. The van der Waals surface area contributed by atoms with E-state index in [9.17, 15) is 9.59 Å². The third kappa shape index (κ3) is 6.01. The third-order valence-electron chi connectivity index (χ3n) is 3.62. The van der Waals surface area contributed by atoms with Gasteiger partial charge in [0.2, 0.25) is 5.91 Å². The summed E-state index contributed by atoms with van der Waals surface area (Å²) >= 11 is 0. The molecule has 0 radical (unpaired) electrons. The minimum atomic E-state index is -0.351. The molecule has 0 aromatic heterocycles. The van der Waals surface area contributed by atoms with Gasteiger partial charge in [0.25, 0.3) is 5.91 Å². The Labute approximate surface area is 154 Å². The van der Waals surface area contributed by atoms with Crippen molar-refractivity contribution in [2.45, 2.75) is 6.04 Å². The minimum Gasteiger partial charge on any atom is -0.378 e. The van der Waals surface area contributed by atoms with Crippen LogP contribution in [0.5, 0.6) is 0 Å². The number of nitrogens with one attached hydrogen (secondary N) is 2. The van der Waals surface area contributed by atoms with E-state index in [1.54, 1.807) is 41.3 Å². The first-order valence-electron chi connectivity index (χ1n) is 7.89. The highest BCUT2D eigenvalue weighted by Gasteiger charge is 2.21. The molecule has 1 heterocycles. The van der Waals surface area contributed by atoms with Gasteiger partial charge in [-0.15, -0.1) is 25.6 Å². The molecule has 136 valence electrons. The minimum absolute atomic E-state index is 0. The normalized spacial score (nSPS) is 16.2. The number of hydrogen-bond acceptors (Lipinski definition) is 4. The van der Waals surface area contributed by atoms with Gasteiger partial charge in [-0.1, -0.05) is 12.2 Å². The van der Waals surface area contributed by atoms with Gasteiger partial charge in [0.15, 0.2) is 0 Å². The first-order chi connectivity index (χ1) is 11.7. The van der Waals surface area contributed by atoms with Gasteiger partial charge in [-0.05, 0) is 24.3 Å². The SMILES string of the molecule is C=CCN(CC=C)C(=O)c1ccc(NC(=O)C2COCCN2)cc1.Cl. The number of nitrogens with zero attached hydrogens (tertiary/aromatic N) is 1. The van der Waals surface area contributed by atoms with E-state index in [0.29, 0.717) is 44.1 Å². The van der Waals surface area contributed by atoms with Crippen LogP contribution in [0.4, 0.5) is 5.69 Å². The highest BCUT2D eigenvalue weighted by molar-refractivity contribution is 5.97. The molecule has 1 saturated heterocycles. The van der Waals surface area contributed by atoms with Crippen LogP contribution in [0.2, 0.25) is 0 Å². The Bertz CT molecular complexity index is 588.